The smallest absolute Gasteiger partial charge is 0.319 e. The molecular formula is C20H25N3O4S. The Kier molecular flexibility index (Phi) is 6.21. The van der Waals surface area contributed by atoms with Crippen molar-refractivity contribution in [3.05, 3.63) is 54.1 Å². The van der Waals surface area contributed by atoms with Gasteiger partial charge >= 0.3 is 6.03 Å². The van der Waals surface area contributed by atoms with Crippen LogP contribution >= 0.6 is 0 Å². The summed E-state index contributed by atoms with van der Waals surface area (Å²) in [5, 5.41) is 5.69. The van der Waals surface area contributed by atoms with Crippen molar-refractivity contribution in [2.24, 2.45) is 0 Å². The number of hydrogen-bond donors (Lipinski definition) is 2. The van der Waals surface area contributed by atoms with Gasteiger partial charge in [-0.05, 0) is 56.2 Å². The second-order valence-corrected chi connectivity index (χ2v) is 8.76. The molecule has 0 saturated carbocycles. The van der Waals surface area contributed by atoms with Crippen LogP contribution in [-0.4, -0.2) is 45.0 Å². The van der Waals surface area contributed by atoms with Crippen LogP contribution in [0.25, 0.3) is 0 Å². The monoisotopic (exact) mass is 403 g/mol. The third-order valence-electron chi connectivity index (χ3n) is 4.80. The number of ether oxygens (including phenoxy) is 1. The number of aryl methyl sites for hydroxylation is 1. The molecule has 2 aromatic carbocycles. The van der Waals surface area contributed by atoms with Gasteiger partial charge in [0.05, 0.1) is 12.0 Å². The zero-order valence-electron chi connectivity index (χ0n) is 16.0. The molecular weight excluding hydrogens is 378 g/mol. The second-order valence-electron chi connectivity index (χ2n) is 6.82. The van der Waals surface area contributed by atoms with E-state index < -0.39 is 10.0 Å². The van der Waals surface area contributed by atoms with Crippen molar-refractivity contribution in [2.75, 3.05) is 25.5 Å². The zero-order valence-corrected chi connectivity index (χ0v) is 16.8. The first-order valence-electron chi connectivity index (χ1n) is 9.17. The van der Waals surface area contributed by atoms with Gasteiger partial charge in [-0.2, -0.15) is 4.31 Å². The van der Waals surface area contributed by atoms with Crippen LogP contribution in [0.15, 0.2) is 53.4 Å². The highest BCUT2D eigenvalue weighted by Crippen LogP contribution is 2.21. The summed E-state index contributed by atoms with van der Waals surface area (Å²) >= 11 is 0. The van der Waals surface area contributed by atoms with Crippen molar-refractivity contribution >= 4 is 21.7 Å². The van der Waals surface area contributed by atoms with Gasteiger partial charge in [0.1, 0.15) is 5.75 Å². The number of urea groups is 1. The number of carbonyl (C=O) groups excluding carboxylic acids is 1. The lowest BCUT2D eigenvalue weighted by molar-refractivity contribution is 0.238. The molecule has 28 heavy (non-hydrogen) atoms. The Bertz CT molecular complexity index is 903. The average molecular weight is 404 g/mol. The minimum Gasteiger partial charge on any atom is -0.497 e. The van der Waals surface area contributed by atoms with Crippen molar-refractivity contribution in [1.29, 1.82) is 0 Å². The summed E-state index contributed by atoms with van der Waals surface area (Å²) in [7, 11) is -1.91. The van der Waals surface area contributed by atoms with E-state index in [0.29, 0.717) is 42.3 Å². The van der Waals surface area contributed by atoms with E-state index in [2.05, 4.69) is 10.6 Å². The molecule has 1 aliphatic rings. The Hall–Kier alpha value is -2.58. The van der Waals surface area contributed by atoms with Crippen molar-refractivity contribution in [2.45, 2.75) is 30.7 Å². The van der Waals surface area contributed by atoms with Gasteiger partial charge < -0.3 is 15.4 Å². The molecule has 2 N–H and O–H groups in total. The summed E-state index contributed by atoms with van der Waals surface area (Å²) in [5.41, 5.74) is 1.68. The Labute approximate surface area is 165 Å². The summed E-state index contributed by atoms with van der Waals surface area (Å²) in [5.74, 6) is 0.716. The van der Waals surface area contributed by atoms with E-state index in [4.69, 9.17) is 4.74 Å². The molecule has 1 aliphatic heterocycles. The van der Waals surface area contributed by atoms with Crippen molar-refractivity contribution in [3.8, 4) is 5.75 Å². The fourth-order valence-corrected chi connectivity index (χ4v) is 4.60. The maximum Gasteiger partial charge on any atom is 0.319 e. The number of nitrogens with zero attached hydrogens (tertiary/aromatic N) is 1. The van der Waals surface area contributed by atoms with Crippen LogP contribution in [0.2, 0.25) is 0 Å². The van der Waals surface area contributed by atoms with Gasteiger partial charge in [0, 0.05) is 24.8 Å². The maximum absolute atomic E-state index is 12.7. The third-order valence-corrected chi connectivity index (χ3v) is 6.71. The molecule has 2 aromatic rings. The summed E-state index contributed by atoms with van der Waals surface area (Å²) in [6.07, 6.45) is 1.14. The molecule has 8 heteroatoms. The molecule has 150 valence electrons. The van der Waals surface area contributed by atoms with Crippen molar-refractivity contribution in [3.63, 3.8) is 0 Å². The number of piperidine rings is 1. The fourth-order valence-electron chi connectivity index (χ4n) is 3.13. The first-order valence-corrected chi connectivity index (χ1v) is 10.6. The van der Waals surface area contributed by atoms with Gasteiger partial charge in [0.15, 0.2) is 0 Å². The van der Waals surface area contributed by atoms with E-state index in [0.717, 1.165) is 5.56 Å². The summed E-state index contributed by atoms with van der Waals surface area (Å²) < 4.78 is 32.0. The van der Waals surface area contributed by atoms with Crippen LogP contribution in [0.4, 0.5) is 10.5 Å². The number of hydrogen-bond acceptors (Lipinski definition) is 4. The van der Waals surface area contributed by atoms with Crippen molar-refractivity contribution in [1.82, 2.24) is 9.62 Å². The topological polar surface area (TPSA) is 87.7 Å². The minimum absolute atomic E-state index is 0.0669. The Morgan fingerprint density at radius 3 is 2.21 bits per heavy atom. The predicted molar refractivity (Wildman–Crippen MR) is 108 cm³/mol. The van der Waals surface area contributed by atoms with Gasteiger partial charge in [0.2, 0.25) is 10.0 Å². The molecule has 0 aromatic heterocycles. The number of nitrogens with one attached hydrogen (secondary N) is 2. The van der Waals surface area contributed by atoms with E-state index >= 15 is 0 Å². The Balaban J connectivity index is 1.51. The molecule has 1 heterocycles. The van der Waals surface area contributed by atoms with Crippen LogP contribution in [0, 0.1) is 6.92 Å². The van der Waals surface area contributed by atoms with E-state index in [1.807, 2.05) is 6.92 Å². The molecule has 0 bridgehead atoms. The first kappa shape index (κ1) is 20.2. The fraction of sp³-hybridized carbons (Fsp3) is 0.350. The average Bonchev–Trinajstić information content (AvgIpc) is 2.69. The second kappa shape index (κ2) is 8.62. The van der Waals surface area contributed by atoms with Gasteiger partial charge in [-0.3, -0.25) is 0 Å². The minimum atomic E-state index is -3.49. The molecule has 0 unspecified atom stereocenters. The molecule has 7 nitrogen and oxygen atoms in total. The summed E-state index contributed by atoms with van der Waals surface area (Å²) in [6, 6.07) is 13.6. The van der Waals surface area contributed by atoms with Crippen LogP contribution < -0.4 is 15.4 Å². The molecule has 0 aliphatic carbocycles. The van der Waals surface area contributed by atoms with Gasteiger partial charge in [-0.15, -0.1) is 0 Å². The SMILES string of the molecule is COc1ccc(NC(=O)NC2CCN(S(=O)(=O)c3ccc(C)cc3)CC2)cc1. The van der Waals surface area contributed by atoms with E-state index in [-0.39, 0.29) is 12.1 Å². The van der Waals surface area contributed by atoms with Crippen LogP contribution in [-0.2, 0) is 10.0 Å². The predicted octanol–water partition coefficient (Wildman–Crippen LogP) is 2.98. The lowest BCUT2D eigenvalue weighted by atomic mass is 10.1. The largest absolute Gasteiger partial charge is 0.497 e. The van der Waals surface area contributed by atoms with Crippen LogP contribution in [0.1, 0.15) is 18.4 Å². The Morgan fingerprint density at radius 2 is 1.64 bits per heavy atom. The lowest BCUT2D eigenvalue weighted by Crippen LogP contribution is -2.47. The molecule has 1 fully saturated rings. The van der Waals surface area contributed by atoms with E-state index in [9.17, 15) is 13.2 Å². The number of rotatable bonds is 5. The number of sulfonamides is 1. The first-order chi connectivity index (χ1) is 13.4. The number of benzene rings is 2. The van der Waals surface area contributed by atoms with Gasteiger partial charge in [-0.25, -0.2) is 13.2 Å². The Morgan fingerprint density at radius 1 is 1.04 bits per heavy atom. The number of amides is 2. The third kappa shape index (κ3) is 4.82. The molecule has 0 spiro atoms. The normalized spacial score (nSPS) is 15.8. The molecule has 1 saturated heterocycles. The van der Waals surface area contributed by atoms with Gasteiger partial charge in [0.25, 0.3) is 0 Å². The highest BCUT2D eigenvalue weighted by molar-refractivity contribution is 7.89. The summed E-state index contributed by atoms with van der Waals surface area (Å²) in [6.45, 7) is 2.68. The van der Waals surface area contributed by atoms with E-state index in [1.165, 1.54) is 4.31 Å². The highest BCUT2D eigenvalue weighted by atomic mass is 32.2. The maximum atomic E-state index is 12.7. The zero-order chi connectivity index (χ0) is 20.1. The standard InChI is InChI=1S/C20H25N3O4S/c1-15-3-9-19(10-4-15)28(25,26)23-13-11-17(12-14-23)22-20(24)21-16-5-7-18(27-2)8-6-16/h3-10,17H,11-14H2,1-2H3,(H2,21,22,24). The van der Waals surface area contributed by atoms with E-state index in [1.54, 1.807) is 55.6 Å². The number of carbonyl (C=O) groups is 1. The van der Waals surface area contributed by atoms with Crippen LogP contribution in [0.3, 0.4) is 0 Å². The number of anilines is 1. The summed E-state index contributed by atoms with van der Waals surface area (Å²) in [4.78, 5) is 12.5. The molecule has 3 rings (SSSR count). The molecule has 0 radical (unpaired) electrons. The van der Waals surface area contributed by atoms with Crippen LogP contribution in [0.5, 0.6) is 5.75 Å². The quantitative estimate of drug-likeness (QED) is 0.803. The molecule has 0 atom stereocenters. The number of methoxy groups -OCH3 is 1. The van der Waals surface area contributed by atoms with Crippen molar-refractivity contribution < 1.29 is 17.9 Å². The highest BCUT2D eigenvalue weighted by Gasteiger charge is 2.29. The molecule has 2 amide bonds. The lowest BCUT2D eigenvalue weighted by Gasteiger charge is -2.31. The van der Waals surface area contributed by atoms with Gasteiger partial charge in [-0.1, -0.05) is 17.7 Å².